The molecule has 0 radical (unpaired) electrons. The van der Waals surface area contributed by atoms with Crippen molar-refractivity contribution in [2.75, 3.05) is 13.1 Å². The van der Waals surface area contributed by atoms with Crippen LogP contribution in [0.2, 0.25) is 15.1 Å². The van der Waals surface area contributed by atoms with Gasteiger partial charge in [0.15, 0.2) is 5.69 Å². The molecule has 0 saturated heterocycles. The van der Waals surface area contributed by atoms with E-state index in [-0.39, 0.29) is 11.8 Å². The highest BCUT2D eigenvalue weighted by Crippen LogP contribution is 2.53. The summed E-state index contributed by atoms with van der Waals surface area (Å²) in [6.45, 7) is 5.48. The highest BCUT2D eigenvalue weighted by atomic mass is 35.5. The van der Waals surface area contributed by atoms with Crippen LogP contribution in [0.5, 0.6) is 0 Å². The maximum atomic E-state index is 13.6. The second-order valence-corrected chi connectivity index (χ2v) is 13.2. The topological polar surface area (TPSA) is 59.0 Å². The molecule has 4 fully saturated rings. The first kappa shape index (κ1) is 27.1. The summed E-state index contributed by atoms with van der Waals surface area (Å²) in [4.78, 5) is 13.6. The lowest BCUT2D eigenvalue weighted by Gasteiger charge is -2.54. The average molecular weight is 586 g/mol. The third-order valence-electron chi connectivity index (χ3n) is 8.99. The van der Waals surface area contributed by atoms with Crippen LogP contribution in [-0.2, 0) is 0 Å². The van der Waals surface area contributed by atoms with Crippen LogP contribution in [0.4, 0.5) is 0 Å². The van der Waals surface area contributed by atoms with E-state index in [0.29, 0.717) is 39.0 Å². The molecule has 0 unspecified atom stereocenters. The third kappa shape index (κ3) is 5.36. The molecule has 2 aromatic carbocycles. The van der Waals surface area contributed by atoms with Gasteiger partial charge in [-0.1, -0.05) is 60.8 Å². The van der Waals surface area contributed by atoms with E-state index in [1.54, 1.807) is 16.8 Å². The van der Waals surface area contributed by atoms with Gasteiger partial charge in [0, 0.05) is 40.3 Å². The highest BCUT2D eigenvalue weighted by molar-refractivity contribution is 6.35. The maximum absolute atomic E-state index is 13.6. The maximum Gasteiger partial charge on any atom is 0.272 e. The van der Waals surface area contributed by atoms with Gasteiger partial charge in [-0.15, -0.1) is 0 Å². The van der Waals surface area contributed by atoms with Crippen LogP contribution in [0.1, 0.15) is 67.9 Å². The largest absolute Gasteiger partial charge is 0.349 e. The number of nitrogens with one attached hydrogen (secondary N) is 2. The molecule has 0 atom stereocenters. The zero-order chi connectivity index (χ0) is 27.3. The number of hydrogen-bond acceptors (Lipinski definition) is 3. The Morgan fingerprint density at radius 1 is 0.923 bits per heavy atom. The van der Waals surface area contributed by atoms with Gasteiger partial charge in [-0.05, 0) is 92.0 Å². The van der Waals surface area contributed by atoms with Crippen molar-refractivity contribution < 1.29 is 4.79 Å². The number of aromatic nitrogens is 2. The Labute approximate surface area is 245 Å². The lowest BCUT2D eigenvalue weighted by Crippen LogP contribution is -2.55. The average Bonchev–Trinajstić information content (AvgIpc) is 3.28. The van der Waals surface area contributed by atoms with Crippen molar-refractivity contribution in [2.45, 2.75) is 57.9 Å². The van der Waals surface area contributed by atoms with Crippen LogP contribution in [-0.4, -0.2) is 34.8 Å². The number of halogens is 3. The smallest absolute Gasteiger partial charge is 0.272 e. The first-order valence-corrected chi connectivity index (χ1v) is 15.3. The Morgan fingerprint density at radius 2 is 1.56 bits per heavy atom. The summed E-state index contributed by atoms with van der Waals surface area (Å²) in [6.07, 6.45) is 6.99. The van der Waals surface area contributed by atoms with Crippen LogP contribution >= 0.6 is 34.8 Å². The zero-order valence-corrected chi connectivity index (χ0v) is 24.7. The van der Waals surface area contributed by atoms with E-state index in [0.717, 1.165) is 47.0 Å². The second kappa shape index (κ2) is 11.1. The van der Waals surface area contributed by atoms with E-state index in [2.05, 4.69) is 24.5 Å². The van der Waals surface area contributed by atoms with Gasteiger partial charge in [0.05, 0.1) is 16.4 Å². The number of carbonyl (C=O) groups is 1. The fraction of sp³-hybridized carbons (Fsp3) is 0.484. The van der Waals surface area contributed by atoms with Gasteiger partial charge in [-0.2, -0.15) is 5.10 Å². The van der Waals surface area contributed by atoms with Gasteiger partial charge < -0.3 is 10.6 Å². The van der Waals surface area contributed by atoms with Gasteiger partial charge in [0.1, 0.15) is 0 Å². The molecule has 1 aromatic heterocycles. The monoisotopic (exact) mass is 584 g/mol. The molecule has 206 valence electrons. The van der Waals surface area contributed by atoms with Gasteiger partial charge in [0.2, 0.25) is 0 Å². The fourth-order valence-electron chi connectivity index (χ4n) is 7.61. The Balaban J connectivity index is 1.24. The molecule has 1 heterocycles. The van der Waals surface area contributed by atoms with Crippen molar-refractivity contribution in [1.29, 1.82) is 0 Å². The van der Waals surface area contributed by atoms with Crippen molar-refractivity contribution in [3.63, 3.8) is 0 Å². The summed E-state index contributed by atoms with van der Waals surface area (Å²) in [6, 6.07) is 13.5. The molecule has 4 saturated carbocycles. The number of amides is 1. The van der Waals surface area contributed by atoms with Crippen LogP contribution in [0, 0.1) is 23.7 Å². The molecule has 2 N–H and O–H groups in total. The zero-order valence-electron chi connectivity index (χ0n) is 22.4. The molecule has 5 nitrogen and oxygen atoms in total. The summed E-state index contributed by atoms with van der Waals surface area (Å²) in [5.41, 5.74) is 3.67. The number of carbonyl (C=O) groups excluding carboxylic acids is 1. The minimum Gasteiger partial charge on any atom is -0.349 e. The Kier molecular flexibility index (Phi) is 7.71. The summed E-state index contributed by atoms with van der Waals surface area (Å²) in [5.74, 6) is 3.40. The Morgan fingerprint density at radius 3 is 2.18 bits per heavy atom. The number of nitrogens with zero attached hydrogens (tertiary/aromatic N) is 2. The van der Waals surface area contributed by atoms with E-state index < -0.39 is 0 Å². The third-order valence-corrected chi connectivity index (χ3v) is 9.78. The van der Waals surface area contributed by atoms with Crippen molar-refractivity contribution in [1.82, 2.24) is 20.4 Å². The number of benzene rings is 2. The van der Waals surface area contributed by atoms with Crippen molar-refractivity contribution in [3.8, 4) is 16.9 Å². The van der Waals surface area contributed by atoms with Crippen molar-refractivity contribution >= 4 is 40.7 Å². The van der Waals surface area contributed by atoms with Crippen molar-refractivity contribution in [3.05, 3.63) is 68.8 Å². The predicted molar refractivity (Wildman–Crippen MR) is 159 cm³/mol. The summed E-state index contributed by atoms with van der Waals surface area (Å²) in [5, 5.41) is 13.4. The summed E-state index contributed by atoms with van der Waals surface area (Å²) >= 11 is 19.0. The Bertz CT molecular complexity index is 1340. The molecule has 3 aromatic rings. The first-order chi connectivity index (χ1) is 18.8. The molecule has 1 amide bonds. The molecule has 0 spiro atoms. The minimum atomic E-state index is -0.176. The van der Waals surface area contributed by atoms with Crippen molar-refractivity contribution in [2.24, 2.45) is 23.7 Å². The molecular formula is C31H35Cl3N4O. The summed E-state index contributed by atoms with van der Waals surface area (Å²) in [7, 11) is 0. The molecule has 4 bridgehead atoms. The Hall–Kier alpha value is -2.05. The van der Waals surface area contributed by atoms with Gasteiger partial charge >= 0.3 is 0 Å². The number of hydrogen-bond donors (Lipinski definition) is 2. The van der Waals surface area contributed by atoms with E-state index >= 15 is 0 Å². The van der Waals surface area contributed by atoms with E-state index in [4.69, 9.17) is 39.9 Å². The predicted octanol–water partition coefficient (Wildman–Crippen LogP) is 7.77. The SMILES string of the molecule is CC(C)c1c(C(=O)NCCNC2[C@H]3C[C@@H]4C[C@@H](C[C@H]2C4)C3)nn(-c2ccc(Cl)cc2Cl)c1-c1ccc(Cl)cc1. The molecular weight excluding hydrogens is 551 g/mol. The quantitative estimate of drug-likeness (QED) is 0.266. The van der Waals surface area contributed by atoms with Gasteiger partial charge in [-0.25, -0.2) is 4.68 Å². The van der Waals surface area contributed by atoms with Crippen LogP contribution < -0.4 is 10.6 Å². The molecule has 4 aliphatic rings. The normalized spacial score (nSPS) is 25.4. The van der Waals surface area contributed by atoms with E-state index in [9.17, 15) is 4.79 Å². The molecule has 8 heteroatoms. The van der Waals surface area contributed by atoms with Gasteiger partial charge in [-0.3, -0.25) is 4.79 Å². The van der Waals surface area contributed by atoms with E-state index in [1.165, 1.54) is 32.1 Å². The molecule has 7 rings (SSSR count). The minimum absolute atomic E-state index is 0.0439. The molecule has 39 heavy (non-hydrogen) atoms. The highest BCUT2D eigenvalue weighted by Gasteiger charge is 2.47. The van der Waals surface area contributed by atoms with Crippen LogP contribution in [0.3, 0.4) is 0 Å². The molecule has 0 aliphatic heterocycles. The van der Waals surface area contributed by atoms with Crippen LogP contribution in [0.25, 0.3) is 16.9 Å². The second-order valence-electron chi connectivity index (χ2n) is 11.9. The lowest BCUT2D eigenvalue weighted by molar-refractivity contribution is -0.0133. The first-order valence-electron chi connectivity index (χ1n) is 14.1. The van der Waals surface area contributed by atoms with Gasteiger partial charge in [0.25, 0.3) is 5.91 Å². The fourth-order valence-corrected chi connectivity index (χ4v) is 8.23. The molecule has 4 aliphatic carbocycles. The van der Waals surface area contributed by atoms with E-state index in [1.807, 2.05) is 30.3 Å². The lowest BCUT2D eigenvalue weighted by atomic mass is 9.54. The van der Waals surface area contributed by atoms with Crippen LogP contribution in [0.15, 0.2) is 42.5 Å². The summed E-state index contributed by atoms with van der Waals surface area (Å²) < 4.78 is 1.76. The standard InChI is InChI=1S/C31H35Cl3N4O/c1-17(2)27-29(31(39)36-10-9-35-28-21-12-18-11-19(14-21)15-22(28)13-18)37-38(26-8-7-24(33)16-25(26)34)30(27)20-3-5-23(32)6-4-20/h3-8,16-19,21-22,28,35H,9-15H2,1-2H3,(H,36,39)/t18-,19+,21-,22+,28?. The number of rotatable bonds is 8.